The molecule has 104 valence electrons. The SMILES string of the molecule is Cc1ccc(C)c(NC2c3ccccc3OC2(C)C)c1. The largest absolute Gasteiger partial charge is 0.485 e. The van der Waals surface area contributed by atoms with Crippen molar-refractivity contribution in [1.29, 1.82) is 0 Å². The zero-order valence-corrected chi connectivity index (χ0v) is 12.5. The minimum atomic E-state index is -0.250. The molecule has 1 atom stereocenters. The van der Waals surface area contributed by atoms with Gasteiger partial charge in [-0.1, -0.05) is 30.3 Å². The zero-order chi connectivity index (χ0) is 14.3. The predicted molar refractivity (Wildman–Crippen MR) is 83.4 cm³/mol. The fourth-order valence-corrected chi connectivity index (χ4v) is 2.83. The third-order valence-corrected chi connectivity index (χ3v) is 3.99. The number of ether oxygens (including phenoxy) is 1. The molecule has 1 aliphatic heterocycles. The van der Waals surface area contributed by atoms with E-state index in [0.717, 1.165) is 5.75 Å². The van der Waals surface area contributed by atoms with Crippen LogP contribution in [0.25, 0.3) is 0 Å². The van der Waals surface area contributed by atoms with Crippen LogP contribution < -0.4 is 10.1 Å². The summed E-state index contributed by atoms with van der Waals surface area (Å²) in [5.74, 6) is 0.986. The van der Waals surface area contributed by atoms with Crippen molar-refractivity contribution in [1.82, 2.24) is 0 Å². The highest BCUT2D eigenvalue weighted by molar-refractivity contribution is 5.56. The van der Waals surface area contributed by atoms with Gasteiger partial charge in [0.25, 0.3) is 0 Å². The second-order valence-electron chi connectivity index (χ2n) is 6.14. The van der Waals surface area contributed by atoms with Crippen LogP contribution >= 0.6 is 0 Å². The average Bonchev–Trinajstić information content (AvgIpc) is 2.65. The predicted octanol–water partition coefficient (Wildman–Crippen LogP) is 4.63. The van der Waals surface area contributed by atoms with Crippen LogP contribution in [-0.2, 0) is 0 Å². The van der Waals surface area contributed by atoms with Crippen molar-refractivity contribution in [3.63, 3.8) is 0 Å². The number of anilines is 1. The normalized spacial score (nSPS) is 19.3. The molecule has 2 aromatic carbocycles. The van der Waals surface area contributed by atoms with Crippen LogP contribution in [0.3, 0.4) is 0 Å². The third kappa shape index (κ3) is 2.15. The van der Waals surface area contributed by atoms with Crippen LogP contribution in [0.15, 0.2) is 42.5 Å². The van der Waals surface area contributed by atoms with Gasteiger partial charge in [0.2, 0.25) is 0 Å². The van der Waals surface area contributed by atoms with Gasteiger partial charge < -0.3 is 10.1 Å². The van der Waals surface area contributed by atoms with Crippen LogP contribution in [0.1, 0.15) is 36.6 Å². The number of para-hydroxylation sites is 1. The van der Waals surface area contributed by atoms with Gasteiger partial charge in [-0.15, -0.1) is 0 Å². The van der Waals surface area contributed by atoms with E-state index in [0.29, 0.717) is 0 Å². The summed E-state index contributed by atoms with van der Waals surface area (Å²) in [4.78, 5) is 0. The van der Waals surface area contributed by atoms with E-state index < -0.39 is 0 Å². The second kappa shape index (κ2) is 4.55. The number of hydrogen-bond donors (Lipinski definition) is 1. The molecule has 1 heterocycles. The maximum Gasteiger partial charge on any atom is 0.128 e. The Morgan fingerprint density at radius 3 is 2.60 bits per heavy atom. The first-order valence-corrected chi connectivity index (χ1v) is 7.09. The van der Waals surface area contributed by atoms with Crippen LogP contribution in [-0.4, -0.2) is 5.60 Å². The summed E-state index contributed by atoms with van der Waals surface area (Å²) in [7, 11) is 0. The molecule has 0 aliphatic carbocycles. The first-order chi connectivity index (χ1) is 9.47. The summed E-state index contributed by atoms with van der Waals surface area (Å²) in [5, 5.41) is 3.67. The Morgan fingerprint density at radius 1 is 1.05 bits per heavy atom. The Bertz CT molecular complexity index is 646. The van der Waals surface area contributed by atoms with Crippen molar-refractivity contribution < 1.29 is 4.74 Å². The van der Waals surface area contributed by atoms with Gasteiger partial charge in [0.15, 0.2) is 0 Å². The van der Waals surface area contributed by atoms with Crippen molar-refractivity contribution in [2.24, 2.45) is 0 Å². The molecule has 20 heavy (non-hydrogen) atoms. The lowest BCUT2D eigenvalue weighted by Crippen LogP contribution is -2.34. The minimum Gasteiger partial charge on any atom is -0.485 e. The maximum atomic E-state index is 6.09. The highest BCUT2D eigenvalue weighted by atomic mass is 16.5. The first kappa shape index (κ1) is 13.0. The molecule has 1 aliphatic rings. The first-order valence-electron chi connectivity index (χ1n) is 7.09. The lowest BCUT2D eigenvalue weighted by molar-refractivity contribution is 0.118. The number of aryl methyl sites for hydroxylation is 2. The van der Waals surface area contributed by atoms with Crippen LogP contribution in [0.2, 0.25) is 0 Å². The van der Waals surface area contributed by atoms with E-state index in [1.54, 1.807) is 0 Å². The van der Waals surface area contributed by atoms with E-state index in [4.69, 9.17) is 4.74 Å². The van der Waals surface area contributed by atoms with Crippen molar-refractivity contribution >= 4 is 5.69 Å². The molecule has 0 saturated heterocycles. The molecule has 2 aromatic rings. The van der Waals surface area contributed by atoms with Gasteiger partial charge in [0.05, 0.1) is 6.04 Å². The summed E-state index contributed by atoms with van der Waals surface area (Å²) >= 11 is 0. The fraction of sp³-hybridized carbons (Fsp3) is 0.333. The average molecular weight is 267 g/mol. The number of hydrogen-bond acceptors (Lipinski definition) is 2. The molecule has 2 nitrogen and oxygen atoms in total. The molecule has 0 saturated carbocycles. The van der Waals surface area contributed by atoms with Crippen LogP contribution in [0.4, 0.5) is 5.69 Å². The Labute approximate surface area is 120 Å². The molecular weight excluding hydrogens is 246 g/mol. The zero-order valence-electron chi connectivity index (χ0n) is 12.5. The molecule has 3 rings (SSSR count). The lowest BCUT2D eigenvalue weighted by atomic mass is 9.94. The Morgan fingerprint density at radius 2 is 1.80 bits per heavy atom. The molecule has 0 spiro atoms. The van der Waals surface area contributed by atoms with Gasteiger partial charge in [0, 0.05) is 11.3 Å². The van der Waals surface area contributed by atoms with E-state index in [-0.39, 0.29) is 11.6 Å². The third-order valence-electron chi connectivity index (χ3n) is 3.99. The smallest absolute Gasteiger partial charge is 0.128 e. The van der Waals surface area contributed by atoms with Gasteiger partial charge in [0.1, 0.15) is 11.4 Å². The second-order valence-corrected chi connectivity index (χ2v) is 6.14. The molecule has 0 aromatic heterocycles. The van der Waals surface area contributed by atoms with Crippen LogP contribution in [0.5, 0.6) is 5.75 Å². The van der Waals surface area contributed by atoms with Gasteiger partial charge in [-0.25, -0.2) is 0 Å². The summed E-state index contributed by atoms with van der Waals surface area (Å²) in [6, 6.07) is 15.0. The summed E-state index contributed by atoms with van der Waals surface area (Å²) in [6.45, 7) is 8.52. The quantitative estimate of drug-likeness (QED) is 0.856. The number of benzene rings is 2. The number of fused-ring (bicyclic) bond motifs is 1. The molecule has 0 amide bonds. The molecule has 2 heteroatoms. The van der Waals surface area contributed by atoms with E-state index in [2.05, 4.69) is 63.3 Å². The van der Waals surface area contributed by atoms with Gasteiger partial charge >= 0.3 is 0 Å². The maximum absolute atomic E-state index is 6.09. The van der Waals surface area contributed by atoms with Crippen molar-refractivity contribution in [2.75, 3.05) is 5.32 Å². The standard InChI is InChI=1S/C18H21NO/c1-12-9-10-13(2)15(11-12)19-17-14-7-5-6-8-16(14)20-18(17,3)4/h5-11,17,19H,1-4H3. The van der Waals surface area contributed by atoms with Gasteiger partial charge in [-0.3, -0.25) is 0 Å². The number of rotatable bonds is 2. The molecule has 1 N–H and O–H groups in total. The topological polar surface area (TPSA) is 21.3 Å². The Kier molecular flexibility index (Phi) is 2.97. The van der Waals surface area contributed by atoms with Crippen LogP contribution in [0, 0.1) is 13.8 Å². The van der Waals surface area contributed by atoms with E-state index >= 15 is 0 Å². The molecular formula is C18H21NO. The Balaban J connectivity index is 1.99. The van der Waals surface area contributed by atoms with E-state index in [1.165, 1.54) is 22.4 Å². The monoisotopic (exact) mass is 267 g/mol. The van der Waals surface area contributed by atoms with Crippen molar-refractivity contribution in [3.05, 3.63) is 59.2 Å². The minimum absolute atomic E-state index is 0.166. The summed E-state index contributed by atoms with van der Waals surface area (Å²) in [6.07, 6.45) is 0. The molecule has 0 radical (unpaired) electrons. The van der Waals surface area contributed by atoms with Crippen molar-refractivity contribution in [3.8, 4) is 5.75 Å². The highest BCUT2D eigenvalue weighted by Gasteiger charge is 2.41. The molecule has 0 bridgehead atoms. The lowest BCUT2D eigenvalue weighted by Gasteiger charge is -2.28. The molecule has 1 unspecified atom stereocenters. The Hall–Kier alpha value is -1.96. The fourth-order valence-electron chi connectivity index (χ4n) is 2.83. The molecule has 0 fully saturated rings. The highest BCUT2D eigenvalue weighted by Crippen LogP contribution is 2.44. The van der Waals surface area contributed by atoms with Gasteiger partial charge in [-0.2, -0.15) is 0 Å². The summed E-state index contributed by atoms with van der Waals surface area (Å²) < 4.78 is 6.09. The van der Waals surface area contributed by atoms with E-state index in [9.17, 15) is 0 Å². The van der Waals surface area contributed by atoms with E-state index in [1.807, 2.05) is 12.1 Å². The number of nitrogens with one attached hydrogen (secondary N) is 1. The van der Waals surface area contributed by atoms with Gasteiger partial charge in [-0.05, 0) is 51.0 Å². The summed E-state index contributed by atoms with van der Waals surface area (Å²) in [5.41, 5.74) is 4.69. The van der Waals surface area contributed by atoms with Crippen molar-refractivity contribution in [2.45, 2.75) is 39.3 Å².